The van der Waals surface area contributed by atoms with Gasteiger partial charge in [-0.1, -0.05) is 23.7 Å². The molecule has 2 aromatic rings. The van der Waals surface area contributed by atoms with Gasteiger partial charge in [-0.3, -0.25) is 4.99 Å². The van der Waals surface area contributed by atoms with Gasteiger partial charge in [-0.15, -0.1) is 24.0 Å². The van der Waals surface area contributed by atoms with E-state index in [1.807, 2.05) is 42.5 Å². The number of ether oxygens (including phenoxy) is 2. The molecule has 136 valence electrons. The van der Waals surface area contributed by atoms with Crippen molar-refractivity contribution >= 4 is 47.2 Å². The molecule has 0 amide bonds. The van der Waals surface area contributed by atoms with Gasteiger partial charge < -0.3 is 20.1 Å². The van der Waals surface area contributed by atoms with Crippen LogP contribution in [-0.2, 0) is 6.42 Å². The van der Waals surface area contributed by atoms with Gasteiger partial charge in [0.05, 0.1) is 14.2 Å². The summed E-state index contributed by atoms with van der Waals surface area (Å²) >= 11 is 5.89. The molecule has 0 saturated carbocycles. The Bertz CT molecular complexity index is 693. The number of halogens is 2. The molecule has 0 aliphatic rings. The lowest BCUT2D eigenvalue weighted by Crippen LogP contribution is -2.32. The van der Waals surface area contributed by atoms with Gasteiger partial charge in [0.2, 0.25) is 0 Å². The number of nitrogens with one attached hydrogen (secondary N) is 2. The van der Waals surface area contributed by atoms with Crippen molar-refractivity contribution in [2.45, 2.75) is 6.42 Å². The second-order valence-corrected chi connectivity index (χ2v) is 5.51. The lowest BCUT2D eigenvalue weighted by Gasteiger charge is -2.14. The smallest absolute Gasteiger partial charge is 0.195 e. The van der Waals surface area contributed by atoms with Gasteiger partial charge >= 0.3 is 0 Å². The van der Waals surface area contributed by atoms with Crippen molar-refractivity contribution in [3.8, 4) is 11.5 Å². The molecule has 7 heteroatoms. The van der Waals surface area contributed by atoms with Crippen LogP contribution in [0.5, 0.6) is 11.5 Å². The van der Waals surface area contributed by atoms with E-state index in [0.29, 0.717) is 17.5 Å². The molecule has 0 aromatic heterocycles. The van der Waals surface area contributed by atoms with Gasteiger partial charge in [0.15, 0.2) is 17.5 Å². The Morgan fingerprint density at radius 1 is 1.04 bits per heavy atom. The number of nitrogens with zero attached hydrogens (tertiary/aromatic N) is 1. The molecule has 0 bridgehead atoms. The topological polar surface area (TPSA) is 54.9 Å². The first-order chi connectivity index (χ1) is 11.7. The van der Waals surface area contributed by atoms with E-state index in [0.717, 1.165) is 23.7 Å². The number of hydrogen-bond acceptors (Lipinski definition) is 3. The van der Waals surface area contributed by atoms with Crippen LogP contribution in [0.15, 0.2) is 47.5 Å². The van der Waals surface area contributed by atoms with Crippen LogP contribution < -0.4 is 20.1 Å². The third-order valence-corrected chi connectivity index (χ3v) is 3.74. The highest BCUT2D eigenvalue weighted by Crippen LogP contribution is 2.29. The number of hydrogen-bond donors (Lipinski definition) is 2. The van der Waals surface area contributed by atoms with Crippen LogP contribution in [0.3, 0.4) is 0 Å². The Morgan fingerprint density at radius 2 is 1.72 bits per heavy atom. The maximum atomic E-state index is 5.89. The maximum absolute atomic E-state index is 5.89. The van der Waals surface area contributed by atoms with E-state index in [9.17, 15) is 0 Å². The summed E-state index contributed by atoms with van der Waals surface area (Å²) in [6.07, 6.45) is 0.879. The van der Waals surface area contributed by atoms with Crippen molar-refractivity contribution in [1.29, 1.82) is 0 Å². The lowest BCUT2D eigenvalue weighted by molar-refractivity contribution is 0.355. The van der Waals surface area contributed by atoms with Crippen molar-refractivity contribution < 1.29 is 9.47 Å². The summed E-state index contributed by atoms with van der Waals surface area (Å²) in [6.45, 7) is 0.759. The van der Waals surface area contributed by atoms with Crippen LogP contribution in [0, 0.1) is 0 Å². The number of benzene rings is 2. The maximum Gasteiger partial charge on any atom is 0.195 e. The zero-order valence-electron chi connectivity index (χ0n) is 14.5. The van der Waals surface area contributed by atoms with Crippen molar-refractivity contribution in [1.82, 2.24) is 5.32 Å². The van der Waals surface area contributed by atoms with Crippen LogP contribution in [-0.4, -0.2) is 33.8 Å². The van der Waals surface area contributed by atoms with Gasteiger partial charge in [-0.05, 0) is 36.2 Å². The second kappa shape index (κ2) is 11.0. The predicted molar refractivity (Wildman–Crippen MR) is 115 cm³/mol. The zero-order valence-corrected chi connectivity index (χ0v) is 17.6. The second-order valence-electron chi connectivity index (χ2n) is 5.07. The van der Waals surface area contributed by atoms with Gasteiger partial charge in [-0.25, -0.2) is 0 Å². The third-order valence-electron chi connectivity index (χ3n) is 3.49. The zero-order chi connectivity index (χ0) is 17.4. The van der Waals surface area contributed by atoms with Crippen LogP contribution in [0.25, 0.3) is 0 Å². The molecule has 25 heavy (non-hydrogen) atoms. The van der Waals surface area contributed by atoms with Crippen molar-refractivity contribution in [3.63, 3.8) is 0 Å². The first-order valence-corrected chi connectivity index (χ1v) is 7.98. The number of anilines is 1. The summed E-state index contributed by atoms with van der Waals surface area (Å²) in [5.74, 6) is 2.05. The summed E-state index contributed by atoms with van der Waals surface area (Å²) in [5.41, 5.74) is 2.08. The van der Waals surface area contributed by atoms with E-state index in [1.165, 1.54) is 5.56 Å². The molecule has 0 fully saturated rings. The van der Waals surface area contributed by atoms with Gasteiger partial charge in [-0.2, -0.15) is 0 Å². The largest absolute Gasteiger partial charge is 0.493 e. The summed E-state index contributed by atoms with van der Waals surface area (Å²) in [4.78, 5) is 4.23. The van der Waals surface area contributed by atoms with Gasteiger partial charge in [0.1, 0.15) is 0 Å². The lowest BCUT2D eigenvalue weighted by atomic mass is 10.1. The molecule has 0 unspecified atom stereocenters. The minimum absolute atomic E-state index is 0. The average Bonchev–Trinajstić information content (AvgIpc) is 2.62. The fraction of sp³-hybridized carbons (Fsp3) is 0.278. The molecule has 2 N–H and O–H groups in total. The third kappa shape index (κ3) is 6.62. The molecule has 0 atom stereocenters. The fourth-order valence-corrected chi connectivity index (χ4v) is 2.33. The Morgan fingerprint density at radius 3 is 2.32 bits per heavy atom. The molecule has 0 aliphatic carbocycles. The van der Waals surface area contributed by atoms with Crippen LogP contribution in [0.1, 0.15) is 5.56 Å². The van der Waals surface area contributed by atoms with E-state index in [4.69, 9.17) is 21.1 Å². The Kier molecular flexibility index (Phi) is 9.44. The Labute approximate surface area is 170 Å². The Hall–Kier alpha value is -1.67. The number of guanidine groups is 1. The summed E-state index contributed by atoms with van der Waals surface area (Å²) in [5, 5.41) is 7.26. The van der Waals surface area contributed by atoms with Gasteiger partial charge in [0.25, 0.3) is 0 Å². The number of methoxy groups -OCH3 is 2. The minimum Gasteiger partial charge on any atom is -0.493 e. The first-order valence-electron chi connectivity index (χ1n) is 7.60. The molecular formula is C18H23ClIN3O2. The van der Waals surface area contributed by atoms with Crippen molar-refractivity contribution in [3.05, 3.63) is 53.1 Å². The van der Waals surface area contributed by atoms with Crippen LogP contribution in [0.2, 0.25) is 5.02 Å². The van der Waals surface area contributed by atoms with E-state index in [-0.39, 0.29) is 24.0 Å². The summed E-state index contributed by atoms with van der Waals surface area (Å²) in [7, 11) is 4.96. The SMILES string of the molecule is CN=C(NCCc1ccc(Cl)cc1)Nc1ccc(OC)c(OC)c1.I. The molecule has 2 aromatic carbocycles. The van der Waals surface area contributed by atoms with Crippen LogP contribution >= 0.6 is 35.6 Å². The van der Waals surface area contributed by atoms with E-state index >= 15 is 0 Å². The summed E-state index contributed by atoms with van der Waals surface area (Å²) in [6, 6.07) is 13.5. The normalized spacial score (nSPS) is 10.6. The quantitative estimate of drug-likeness (QED) is 0.373. The predicted octanol–water partition coefficient (Wildman–Crippen LogP) is 4.21. The van der Waals surface area contributed by atoms with E-state index in [1.54, 1.807) is 21.3 Å². The minimum atomic E-state index is 0. The fourth-order valence-electron chi connectivity index (χ4n) is 2.21. The molecular weight excluding hydrogens is 453 g/mol. The average molecular weight is 476 g/mol. The Balaban J connectivity index is 0.00000312. The molecule has 5 nitrogen and oxygen atoms in total. The van der Waals surface area contributed by atoms with Gasteiger partial charge in [0, 0.05) is 30.4 Å². The molecule has 0 spiro atoms. The molecule has 0 radical (unpaired) electrons. The molecule has 0 aliphatic heterocycles. The highest BCUT2D eigenvalue weighted by atomic mass is 127. The van der Waals surface area contributed by atoms with Crippen molar-refractivity contribution in [2.75, 3.05) is 33.1 Å². The number of aliphatic imine (C=N–C) groups is 1. The standard InChI is InChI=1S/C18H22ClN3O2.HI/c1-20-18(21-11-10-13-4-6-14(19)7-5-13)22-15-8-9-16(23-2)17(12-15)24-3;/h4-9,12H,10-11H2,1-3H3,(H2,20,21,22);1H. The molecule has 0 saturated heterocycles. The highest BCUT2D eigenvalue weighted by molar-refractivity contribution is 14.0. The van der Waals surface area contributed by atoms with E-state index in [2.05, 4.69) is 15.6 Å². The van der Waals surface area contributed by atoms with Crippen molar-refractivity contribution in [2.24, 2.45) is 4.99 Å². The summed E-state index contributed by atoms with van der Waals surface area (Å²) < 4.78 is 10.5. The van der Waals surface area contributed by atoms with E-state index < -0.39 is 0 Å². The highest BCUT2D eigenvalue weighted by Gasteiger charge is 2.06. The monoisotopic (exact) mass is 475 g/mol. The first kappa shape index (κ1) is 21.4. The number of rotatable bonds is 6. The molecule has 2 rings (SSSR count). The molecule has 0 heterocycles. The van der Waals surface area contributed by atoms with Crippen LogP contribution in [0.4, 0.5) is 5.69 Å².